The molecule has 0 aliphatic rings. The predicted molar refractivity (Wildman–Crippen MR) is 99.1 cm³/mol. The summed E-state index contributed by atoms with van der Waals surface area (Å²) in [6.45, 7) is 0.114. The second kappa shape index (κ2) is 7.72. The summed E-state index contributed by atoms with van der Waals surface area (Å²) in [5.74, 6) is 0.624. The average Bonchev–Trinajstić information content (AvgIpc) is 3.09. The molecular formula is C16H12Cl2N2O3S2. The zero-order chi connectivity index (χ0) is 17.9. The number of rotatable bonds is 6. The van der Waals surface area contributed by atoms with Crippen molar-refractivity contribution >= 4 is 44.6 Å². The fourth-order valence-electron chi connectivity index (χ4n) is 1.98. The maximum absolute atomic E-state index is 12.4. The van der Waals surface area contributed by atoms with Crippen molar-refractivity contribution in [1.82, 2.24) is 9.71 Å². The van der Waals surface area contributed by atoms with E-state index in [1.54, 1.807) is 30.5 Å². The van der Waals surface area contributed by atoms with Gasteiger partial charge in [0, 0.05) is 23.1 Å². The molecule has 1 heterocycles. The Hall–Kier alpha value is -1.64. The third kappa shape index (κ3) is 4.71. The molecule has 0 unspecified atom stereocenters. The van der Waals surface area contributed by atoms with Gasteiger partial charge in [-0.05, 0) is 35.9 Å². The molecule has 0 amide bonds. The van der Waals surface area contributed by atoms with E-state index < -0.39 is 10.0 Å². The Balaban J connectivity index is 1.67. The van der Waals surface area contributed by atoms with E-state index in [0.29, 0.717) is 16.0 Å². The molecule has 130 valence electrons. The lowest BCUT2D eigenvalue weighted by atomic mass is 10.2. The van der Waals surface area contributed by atoms with E-state index in [2.05, 4.69) is 9.71 Å². The summed E-state index contributed by atoms with van der Waals surface area (Å²) < 4.78 is 32.8. The number of aromatic nitrogens is 1. The Labute approximate surface area is 159 Å². The number of nitrogens with zero attached hydrogens (tertiary/aromatic N) is 1. The van der Waals surface area contributed by atoms with Crippen molar-refractivity contribution in [2.75, 3.05) is 0 Å². The highest BCUT2D eigenvalue weighted by Gasteiger charge is 2.18. The maximum Gasteiger partial charge on any atom is 0.278 e. The van der Waals surface area contributed by atoms with Crippen LogP contribution in [0.4, 0.5) is 0 Å². The van der Waals surface area contributed by atoms with Crippen LogP contribution >= 0.6 is 34.5 Å². The normalized spacial score (nSPS) is 11.4. The van der Waals surface area contributed by atoms with Crippen LogP contribution in [0, 0.1) is 0 Å². The summed E-state index contributed by atoms with van der Waals surface area (Å²) in [4.78, 5) is 3.98. The second-order valence-corrected chi connectivity index (χ2v) is 8.38. The van der Waals surface area contributed by atoms with Gasteiger partial charge in [-0.1, -0.05) is 46.7 Å². The quantitative estimate of drug-likeness (QED) is 0.633. The van der Waals surface area contributed by atoms with E-state index in [9.17, 15) is 8.42 Å². The summed E-state index contributed by atoms with van der Waals surface area (Å²) in [6, 6.07) is 11.3. The second-order valence-electron chi connectivity index (χ2n) is 4.94. The van der Waals surface area contributed by atoms with E-state index in [1.807, 2.05) is 5.38 Å². The minimum Gasteiger partial charge on any atom is -0.431 e. The Morgan fingerprint density at radius 1 is 1.12 bits per heavy atom. The first kappa shape index (κ1) is 18.2. The smallest absolute Gasteiger partial charge is 0.278 e. The summed E-state index contributed by atoms with van der Waals surface area (Å²) in [5.41, 5.74) is 0.771. The fourth-order valence-corrected chi connectivity index (χ4v) is 4.26. The van der Waals surface area contributed by atoms with Crippen molar-refractivity contribution in [3.8, 4) is 10.9 Å². The topological polar surface area (TPSA) is 68.3 Å². The molecule has 0 atom stereocenters. The van der Waals surface area contributed by atoms with Gasteiger partial charge >= 0.3 is 0 Å². The van der Waals surface area contributed by atoms with Crippen molar-refractivity contribution in [3.63, 3.8) is 0 Å². The van der Waals surface area contributed by atoms with Gasteiger partial charge in [-0.15, -0.1) is 0 Å². The van der Waals surface area contributed by atoms with Crippen molar-refractivity contribution in [3.05, 3.63) is 69.7 Å². The highest BCUT2D eigenvalue weighted by atomic mass is 35.5. The molecule has 0 saturated carbocycles. The van der Waals surface area contributed by atoms with Crippen molar-refractivity contribution < 1.29 is 13.2 Å². The van der Waals surface area contributed by atoms with Gasteiger partial charge in [-0.3, -0.25) is 0 Å². The molecule has 9 heteroatoms. The number of nitrogens with one attached hydrogen (secondary N) is 1. The van der Waals surface area contributed by atoms with Gasteiger partial charge in [-0.2, -0.15) is 0 Å². The highest BCUT2D eigenvalue weighted by molar-refractivity contribution is 7.89. The van der Waals surface area contributed by atoms with Crippen LogP contribution in [0.3, 0.4) is 0 Å². The number of ether oxygens (including phenoxy) is 1. The standard InChI is InChI=1S/C16H12Cl2N2O3S2/c17-12-3-6-14(18)15(9-12)25(21,22)20-10-11-1-4-13(5-2-11)23-16-19-7-8-24-16/h1-9,20H,10H2. The molecule has 3 rings (SSSR count). The molecule has 25 heavy (non-hydrogen) atoms. The van der Waals surface area contributed by atoms with Gasteiger partial charge in [-0.25, -0.2) is 18.1 Å². The summed E-state index contributed by atoms with van der Waals surface area (Å²) >= 11 is 13.2. The summed E-state index contributed by atoms with van der Waals surface area (Å²) in [5, 5.41) is 2.78. The number of benzene rings is 2. The molecule has 0 radical (unpaired) electrons. The molecule has 3 aromatic rings. The van der Waals surface area contributed by atoms with Crippen molar-refractivity contribution in [1.29, 1.82) is 0 Å². The summed E-state index contributed by atoms with van der Waals surface area (Å²) in [6.07, 6.45) is 1.66. The minimum absolute atomic E-state index is 0.0506. The molecule has 2 aromatic carbocycles. The molecule has 0 fully saturated rings. The lowest BCUT2D eigenvalue weighted by Gasteiger charge is -2.09. The van der Waals surface area contributed by atoms with Crippen LogP contribution in [0.5, 0.6) is 10.9 Å². The third-order valence-corrected chi connectivity index (χ3v) is 5.95. The first-order valence-electron chi connectivity index (χ1n) is 7.05. The Morgan fingerprint density at radius 2 is 1.88 bits per heavy atom. The fraction of sp³-hybridized carbons (Fsp3) is 0.0625. The number of halogens is 2. The number of hydrogen-bond acceptors (Lipinski definition) is 5. The Kier molecular flexibility index (Phi) is 5.61. The average molecular weight is 415 g/mol. The van der Waals surface area contributed by atoms with Crippen LogP contribution < -0.4 is 9.46 Å². The van der Waals surface area contributed by atoms with E-state index in [0.717, 1.165) is 5.56 Å². The Morgan fingerprint density at radius 3 is 2.56 bits per heavy atom. The molecule has 5 nitrogen and oxygen atoms in total. The minimum atomic E-state index is -3.77. The van der Waals surface area contributed by atoms with Gasteiger partial charge in [0.2, 0.25) is 10.0 Å². The largest absolute Gasteiger partial charge is 0.431 e. The van der Waals surface area contributed by atoms with E-state index >= 15 is 0 Å². The SMILES string of the molecule is O=S(=O)(NCc1ccc(Oc2nccs2)cc1)c1cc(Cl)ccc1Cl. The molecule has 0 bridgehead atoms. The van der Waals surface area contributed by atoms with Gasteiger partial charge in [0.05, 0.1) is 5.02 Å². The van der Waals surface area contributed by atoms with Crippen LogP contribution in [0.25, 0.3) is 0 Å². The van der Waals surface area contributed by atoms with E-state index in [1.165, 1.54) is 29.5 Å². The van der Waals surface area contributed by atoms with Crippen LogP contribution in [0.15, 0.2) is 58.9 Å². The van der Waals surface area contributed by atoms with Crippen LogP contribution in [0.2, 0.25) is 10.0 Å². The first-order chi connectivity index (χ1) is 11.9. The van der Waals surface area contributed by atoms with Crippen LogP contribution in [-0.2, 0) is 16.6 Å². The Bertz CT molecular complexity index is 960. The highest BCUT2D eigenvalue weighted by Crippen LogP contribution is 2.26. The molecule has 0 aliphatic carbocycles. The lowest BCUT2D eigenvalue weighted by molar-refractivity contribution is 0.478. The van der Waals surface area contributed by atoms with Crippen LogP contribution in [0.1, 0.15) is 5.56 Å². The molecule has 0 saturated heterocycles. The molecule has 1 aromatic heterocycles. The van der Waals surface area contributed by atoms with Gasteiger partial charge in [0.1, 0.15) is 10.6 Å². The lowest BCUT2D eigenvalue weighted by Crippen LogP contribution is -2.23. The monoisotopic (exact) mass is 414 g/mol. The number of hydrogen-bond donors (Lipinski definition) is 1. The predicted octanol–water partition coefficient (Wildman–Crippen LogP) is 4.72. The third-order valence-electron chi connectivity index (χ3n) is 3.19. The molecule has 0 aliphatic heterocycles. The summed E-state index contributed by atoms with van der Waals surface area (Å²) in [7, 11) is -3.77. The van der Waals surface area contributed by atoms with Crippen LogP contribution in [-0.4, -0.2) is 13.4 Å². The van der Waals surface area contributed by atoms with E-state index in [4.69, 9.17) is 27.9 Å². The van der Waals surface area contributed by atoms with Crippen molar-refractivity contribution in [2.45, 2.75) is 11.4 Å². The van der Waals surface area contributed by atoms with Crippen molar-refractivity contribution in [2.24, 2.45) is 0 Å². The molecule has 1 N–H and O–H groups in total. The first-order valence-corrected chi connectivity index (χ1v) is 10.2. The van der Waals surface area contributed by atoms with Gasteiger partial charge in [0.15, 0.2) is 0 Å². The zero-order valence-electron chi connectivity index (χ0n) is 12.6. The number of thiazole rings is 1. The van der Waals surface area contributed by atoms with Gasteiger partial charge < -0.3 is 4.74 Å². The van der Waals surface area contributed by atoms with Gasteiger partial charge in [0.25, 0.3) is 5.19 Å². The molecular weight excluding hydrogens is 403 g/mol. The zero-order valence-corrected chi connectivity index (χ0v) is 15.8. The number of sulfonamides is 1. The van der Waals surface area contributed by atoms with E-state index in [-0.39, 0.29) is 16.5 Å². The molecule has 0 spiro atoms. The maximum atomic E-state index is 12.4.